The molecule has 0 radical (unpaired) electrons. The summed E-state index contributed by atoms with van der Waals surface area (Å²) >= 11 is 0. The fourth-order valence-electron chi connectivity index (χ4n) is 9.89. The molecule has 2 aliphatic heterocycles. The molecule has 7 rings (SSSR count). The summed E-state index contributed by atoms with van der Waals surface area (Å²) < 4.78 is 18.8. The maximum absolute atomic E-state index is 12.8. The van der Waals surface area contributed by atoms with Crippen molar-refractivity contribution in [3.05, 3.63) is 58.7 Å². The number of hydrogen-bond donors (Lipinski definition) is 1. The van der Waals surface area contributed by atoms with Crippen LogP contribution in [0.25, 0.3) is 0 Å². The molecule has 2 heterocycles. The Morgan fingerprint density at radius 1 is 1.05 bits per heavy atom. The standard InChI is InChI=1S/C33H43NO6/c1-21-12-16-40-33(21)15-11-26-24-9-13-31(36)20-32(38-17-18-39-32)14-10-27(31)28(24)25(19-30(26,33)2)22-5-7-23(8-6-22)29(35)34(3)37-4/h5-8,24-26,36H,1,9-20H2,2-4H3. The summed E-state index contributed by atoms with van der Waals surface area (Å²) in [5.41, 5.74) is 4.53. The van der Waals surface area contributed by atoms with E-state index in [1.54, 1.807) is 7.05 Å². The van der Waals surface area contributed by atoms with E-state index in [0.717, 1.165) is 58.0 Å². The highest BCUT2D eigenvalue weighted by molar-refractivity contribution is 5.93. The van der Waals surface area contributed by atoms with Gasteiger partial charge in [0.2, 0.25) is 0 Å². The van der Waals surface area contributed by atoms with Gasteiger partial charge < -0.3 is 19.3 Å². The molecule has 6 atom stereocenters. The minimum absolute atomic E-state index is 0.0340. The molecule has 7 nitrogen and oxygen atoms in total. The summed E-state index contributed by atoms with van der Waals surface area (Å²) in [6.07, 6.45) is 7.86. The van der Waals surface area contributed by atoms with Crippen LogP contribution < -0.4 is 0 Å². The summed E-state index contributed by atoms with van der Waals surface area (Å²) in [4.78, 5) is 17.9. The molecule has 1 aromatic carbocycles. The average Bonchev–Trinajstić information content (AvgIpc) is 3.65. The highest BCUT2D eigenvalue weighted by Gasteiger charge is 2.67. The predicted molar refractivity (Wildman–Crippen MR) is 149 cm³/mol. The van der Waals surface area contributed by atoms with E-state index in [0.29, 0.717) is 37.0 Å². The molecule has 5 fully saturated rings. The van der Waals surface area contributed by atoms with Crippen LogP contribution in [0, 0.1) is 17.3 Å². The molecule has 1 N–H and O–H groups in total. The first-order chi connectivity index (χ1) is 19.2. The highest BCUT2D eigenvalue weighted by Crippen LogP contribution is 2.70. The second kappa shape index (κ2) is 9.23. The Labute approximate surface area is 237 Å². The Morgan fingerprint density at radius 2 is 1.80 bits per heavy atom. The number of rotatable bonds is 3. The van der Waals surface area contributed by atoms with Gasteiger partial charge in [-0.2, -0.15) is 0 Å². The molecule has 216 valence electrons. The zero-order chi connectivity index (χ0) is 27.9. The van der Waals surface area contributed by atoms with Crippen molar-refractivity contribution in [2.75, 3.05) is 34.0 Å². The van der Waals surface area contributed by atoms with Crippen molar-refractivity contribution in [2.45, 2.75) is 87.6 Å². The summed E-state index contributed by atoms with van der Waals surface area (Å²) in [6, 6.07) is 8.07. The number of hydroxylamine groups is 2. The molecule has 6 aliphatic rings. The van der Waals surface area contributed by atoms with Crippen molar-refractivity contribution in [1.29, 1.82) is 0 Å². The van der Waals surface area contributed by atoms with E-state index in [2.05, 4.69) is 25.6 Å². The maximum Gasteiger partial charge on any atom is 0.277 e. The Kier molecular flexibility index (Phi) is 6.20. The molecule has 3 saturated carbocycles. The third kappa shape index (κ3) is 3.64. The van der Waals surface area contributed by atoms with E-state index < -0.39 is 11.4 Å². The van der Waals surface area contributed by atoms with Gasteiger partial charge in [-0.1, -0.05) is 31.2 Å². The first-order valence-corrected chi connectivity index (χ1v) is 15.1. The zero-order valence-corrected chi connectivity index (χ0v) is 24.2. The van der Waals surface area contributed by atoms with E-state index in [4.69, 9.17) is 19.0 Å². The number of benzene rings is 1. The lowest BCUT2D eigenvalue weighted by molar-refractivity contribution is -0.208. The van der Waals surface area contributed by atoms with Crippen LogP contribution in [0.15, 0.2) is 47.6 Å². The van der Waals surface area contributed by atoms with Gasteiger partial charge in [-0.3, -0.25) is 9.63 Å². The Hall–Kier alpha value is -2.03. The van der Waals surface area contributed by atoms with Crippen LogP contribution in [0.4, 0.5) is 0 Å². The van der Waals surface area contributed by atoms with Crippen molar-refractivity contribution >= 4 is 5.91 Å². The number of ether oxygens (including phenoxy) is 3. The van der Waals surface area contributed by atoms with Crippen LogP contribution in [0.5, 0.6) is 0 Å². The first-order valence-electron chi connectivity index (χ1n) is 15.1. The molecule has 6 unspecified atom stereocenters. The number of nitrogens with zero attached hydrogens (tertiary/aromatic N) is 1. The summed E-state index contributed by atoms with van der Waals surface area (Å²) in [7, 11) is 3.12. The molecular weight excluding hydrogens is 506 g/mol. The molecule has 0 bridgehead atoms. The van der Waals surface area contributed by atoms with E-state index in [1.807, 2.05) is 12.1 Å². The molecule has 1 aromatic rings. The van der Waals surface area contributed by atoms with Crippen LogP contribution >= 0.6 is 0 Å². The van der Waals surface area contributed by atoms with Gasteiger partial charge >= 0.3 is 0 Å². The Bertz CT molecular complexity index is 1250. The van der Waals surface area contributed by atoms with E-state index in [9.17, 15) is 9.90 Å². The second-order valence-corrected chi connectivity index (χ2v) is 13.4. The highest BCUT2D eigenvalue weighted by atomic mass is 16.7. The topological polar surface area (TPSA) is 77.5 Å². The molecule has 2 spiro atoms. The van der Waals surface area contributed by atoms with Crippen molar-refractivity contribution in [2.24, 2.45) is 17.3 Å². The fraction of sp³-hybridized carbons (Fsp3) is 0.667. The van der Waals surface area contributed by atoms with Gasteiger partial charge in [0, 0.05) is 36.8 Å². The number of amides is 1. The quantitative estimate of drug-likeness (QED) is 0.407. The maximum atomic E-state index is 12.8. The van der Waals surface area contributed by atoms with Gasteiger partial charge in [-0.05, 0) is 85.6 Å². The van der Waals surface area contributed by atoms with E-state index >= 15 is 0 Å². The molecule has 40 heavy (non-hydrogen) atoms. The minimum atomic E-state index is -0.902. The lowest BCUT2D eigenvalue weighted by atomic mass is 9.49. The number of allylic oxidation sites excluding steroid dienone is 1. The van der Waals surface area contributed by atoms with Crippen molar-refractivity contribution in [3.8, 4) is 0 Å². The van der Waals surface area contributed by atoms with Crippen LogP contribution in [0.1, 0.15) is 86.6 Å². The van der Waals surface area contributed by atoms with Crippen molar-refractivity contribution in [1.82, 2.24) is 5.06 Å². The smallest absolute Gasteiger partial charge is 0.277 e. The number of aliphatic hydroxyl groups is 1. The number of fused-ring (bicyclic) bond motifs is 5. The Balaban J connectivity index is 1.33. The predicted octanol–water partition coefficient (Wildman–Crippen LogP) is 5.30. The van der Waals surface area contributed by atoms with E-state index in [1.165, 1.54) is 34.5 Å². The summed E-state index contributed by atoms with van der Waals surface area (Å²) in [5.74, 6) is 0.222. The molecule has 0 aromatic heterocycles. The van der Waals surface area contributed by atoms with Gasteiger partial charge in [0.25, 0.3) is 5.91 Å². The molecule has 1 amide bonds. The van der Waals surface area contributed by atoms with Crippen LogP contribution in [0.2, 0.25) is 0 Å². The van der Waals surface area contributed by atoms with Crippen LogP contribution in [-0.4, -0.2) is 67.0 Å². The summed E-state index contributed by atoms with van der Waals surface area (Å²) in [5, 5.41) is 13.5. The summed E-state index contributed by atoms with van der Waals surface area (Å²) in [6.45, 7) is 8.96. The van der Waals surface area contributed by atoms with Gasteiger partial charge in [0.15, 0.2) is 5.79 Å². The van der Waals surface area contributed by atoms with E-state index in [-0.39, 0.29) is 22.8 Å². The van der Waals surface area contributed by atoms with Crippen LogP contribution in [0.3, 0.4) is 0 Å². The SMILES string of the molecule is C=C1CCOC12CCC1C3CCC4(O)CC5(CCC4=C3C(c3ccc(C(=O)N(C)OC)cc3)CC12C)OCCO5. The largest absolute Gasteiger partial charge is 0.385 e. The lowest BCUT2D eigenvalue weighted by Crippen LogP contribution is -2.55. The molecular formula is C33H43NO6. The minimum Gasteiger partial charge on any atom is -0.385 e. The second-order valence-electron chi connectivity index (χ2n) is 13.4. The van der Waals surface area contributed by atoms with Gasteiger partial charge in [-0.25, -0.2) is 5.06 Å². The fourth-order valence-corrected chi connectivity index (χ4v) is 9.89. The number of carbonyl (C=O) groups is 1. The van der Waals surface area contributed by atoms with Gasteiger partial charge in [0.05, 0.1) is 38.1 Å². The molecule has 2 saturated heterocycles. The lowest BCUT2D eigenvalue weighted by Gasteiger charge is -2.58. The third-order valence-electron chi connectivity index (χ3n) is 11.8. The average molecular weight is 550 g/mol. The van der Waals surface area contributed by atoms with Gasteiger partial charge in [-0.15, -0.1) is 0 Å². The van der Waals surface area contributed by atoms with Crippen molar-refractivity contribution < 1.29 is 28.9 Å². The van der Waals surface area contributed by atoms with Gasteiger partial charge in [0.1, 0.15) is 0 Å². The Morgan fingerprint density at radius 3 is 2.48 bits per heavy atom. The number of carbonyl (C=O) groups excluding carboxylic acids is 1. The normalized spacial score (nSPS) is 39.9. The monoisotopic (exact) mass is 549 g/mol. The molecule has 7 heteroatoms. The first kappa shape index (κ1) is 26.8. The van der Waals surface area contributed by atoms with Crippen molar-refractivity contribution in [3.63, 3.8) is 0 Å². The van der Waals surface area contributed by atoms with Crippen LogP contribution in [-0.2, 0) is 19.0 Å². The zero-order valence-electron chi connectivity index (χ0n) is 24.2. The number of hydrogen-bond acceptors (Lipinski definition) is 6. The third-order valence-corrected chi connectivity index (χ3v) is 11.8. The molecule has 4 aliphatic carbocycles.